The number of methoxy groups -OCH3 is 1. The van der Waals surface area contributed by atoms with Crippen molar-refractivity contribution in [3.8, 4) is 11.8 Å². The lowest BCUT2D eigenvalue weighted by atomic mass is 10.1. The Morgan fingerprint density at radius 2 is 2.10 bits per heavy atom. The average molecular weight is 489 g/mol. The van der Waals surface area contributed by atoms with E-state index in [1.54, 1.807) is 6.92 Å². The van der Waals surface area contributed by atoms with E-state index in [2.05, 4.69) is 40.3 Å². The molecule has 0 spiro atoms. The Morgan fingerprint density at radius 3 is 2.74 bits per heavy atom. The summed E-state index contributed by atoms with van der Waals surface area (Å²) in [5.41, 5.74) is 3.49. The maximum atomic E-state index is 12.7. The van der Waals surface area contributed by atoms with Crippen LogP contribution in [0.2, 0.25) is 0 Å². The van der Waals surface area contributed by atoms with E-state index in [0.29, 0.717) is 34.0 Å². The second-order valence-corrected chi connectivity index (χ2v) is 8.02. The average Bonchev–Trinajstić information content (AvgIpc) is 2.74. The first-order chi connectivity index (χ1) is 14.8. The number of nitriles is 1. The van der Waals surface area contributed by atoms with Gasteiger partial charge < -0.3 is 14.0 Å². The third kappa shape index (κ3) is 6.26. The Hall–Kier alpha value is -2.96. The van der Waals surface area contributed by atoms with Crippen LogP contribution in [0.5, 0.6) is 5.75 Å². The van der Waals surface area contributed by atoms with Crippen molar-refractivity contribution < 1.29 is 14.3 Å². The lowest BCUT2D eigenvalue weighted by Gasteiger charge is -2.15. The van der Waals surface area contributed by atoms with Gasteiger partial charge in [-0.2, -0.15) is 10.4 Å². The molecule has 1 aromatic carbocycles. The summed E-state index contributed by atoms with van der Waals surface area (Å²) in [6, 6.07) is 9.26. The van der Waals surface area contributed by atoms with Crippen LogP contribution in [-0.4, -0.2) is 30.4 Å². The number of rotatable bonds is 9. The molecule has 0 aliphatic heterocycles. The molecule has 0 atom stereocenters. The van der Waals surface area contributed by atoms with E-state index in [1.807, 2.05) is 30.3 Å². The van der Waals surface area contributed by atoms with Crippen LogP contribution >= 0.6 is 15.9 Å². The number of benzene rings is 1. The summed E-state index contributed by atoms with van der Waals surface area (Å²) in [7, 11) is 1.48. The summed E-state index contributed by atoms with van der Waals surface area (Å²) in [4.78, 5) is 25.1. The molecule has 0 fully saturated rings. The third-order valence-corrected chi connectivity index (χ3v) is 5.39. The van der Waals surface area contributed by atoms with Gasteiger partial charge in [0.2, 0.25) is 0 Å². The monoisotopic (exact) mass is 488 g/mol. The smallest absolute Gasteiger partial charge is 0.269 e. The van der Waals surface area contributed by atoms with Gasteiger partial charge in [-0.15, -0.1) is 0 Å². The molecule has 1 N–H and O–H groups in total. The Labute approximate surface area is 189 Å². The second-order valence-electron chi connectivity index (χ2n) is 7.22. The second kappa shape index (κ2) is 11.4. The van der Waals surface area contributed by atoms with Crippen molar-refractivity contribution in [3.63, 3.8) is 0 Å². The number of hydrogen-bond acceptors (Lipinski definition) is 6. The number of carbonyl (C=O) groups is 1. The van der Waals surface area contributed by atoms with E-state index < -0.39 is 11.5 Å². The first-order valence-corrected chi connectivity index (χ1v) is 10.4. The molecule has 0 unspecified atom stereocenters. The van der Waals surface area contributed by atoms with Gasteiger partial charge in [0.1, 0.15) is 23.9 Å². The molecule has 0 saturated carbocycles. The number of para-hydroxylation sites is 1. The molecule has 8 nitrogen and oxygen atoms in total. The van der Waals surface area contributed by atoms with Crippen molar-refractivity contribution in [2.45, 2.75) is 33.9 Å². The maximum Gasteiger partial charge on any atom is 0.269 e. The van der Waals surface area contributed by atoms with Crippen LogP contribution in [0, 0.1) is 24.2 Å². The molecule has 9 heteroatoms. The van der Waals surface area contributed by atoms with Crippen LogP contribution in [0.1, 0.15) is 36.2 Å². The quantitative estimate of drug-likeness (QED) is 0.431. The summed E-state index contributed by atoms with van der Waals surface area (Å²) in [5, 5.41) is 13.4. The molecule has 0 radical (unpaired) electrons. The predicted octanol–water partition coefficient (Wildman–Crippen LogP) is 3.12. The van der Waals surface area contributed by atoms with E-state index in [0.717, 1.165) is 5.56 Å². The molecular weight excluding hydrogens is 464 g/mol. The number of amides is 1. The van der Waals surface area contributed by atoms with Crippen molar-refractivity contribution in [1.82, 2.24) is 9.99 Å². The highest BCUT2D eigenvalue weighted by Crippen LogP contribution is 2.23. The van der Waals surface area contributed by atoms with E-state index in [4.69, 9.17) is 9.47 Å². The van der Waals surface area contributed by atoms with Crippen LogP contribution in [0.3, 0.4) is 0 Å². The summed E-state index contributed by atoms with van der Waals surface area (Å²) in [6.07, 6.45) is 1.49. The third-order valence-electron chi connectivity index (χ3n) is 4.33. The van der Waals surface area contributed by atoms with Gasteiger partial charge in [-0.1, -0.05) is 26.0 Å². The Morgan fingerprint density at radius 1 is 1.39 bits per heavy atom. The molecule has 0 aliphatic carbocycles. The van der Waals surface area contributed by atoms with Gasteiger partial charge in [0, 0.05) is 28.4 Å². The molecule has 0 bridgehead atoms. The van der Waals surface area contributed by atoms with Crippen molar-refractivity contribution in [2.75, 3.05) is 13.7 Å². The van der Waals surface area contributed by atoms with Crippen LogP contribution in [-0.2, 0) is 22.7 Å². The molecule has 31 heavy (non-hydrogen) atoms. The molecule has 2 rings (SSSR count). The van der Waals surface area contributed by atoms with Crippen molar-refractivity contribution in [1.29, 1.82) is 5.26 Å². The standard InChI is InChI=1S/C22H25BrN4O4/c1-14(2)12-31-19-8-6-5-7-16(19)10-25-26-20(28)11-27-15(3)21(23)18(13-30-4)17(9-24)22(27)29/h5-8,10,14H,11-13H2,1-4H3,(H,26,28)/b25-10+. The van der Waals surface area contributed by atoms with Gasteiger partial charge in [0.25, 0.3) is 11.5 Å². The predicted molar refractivity (Wildman–Crippen MR) is 121 cm³/mol. The molecule has 0 aliphatic rings. The molecule has 2 aromatic rings. The first kappa shape index (κ1) is 24.3. The Kier molecular flexibility index (Phi) is 8.97. The minimum atomic E-state index is -0.554. The van der Waals surface area contributed by atoms with Crippen LogP contribution < -0.4 is 15.7 Å². The van der Waals surface area contributed by atoms with Gasteiger partial charge >= 0.3 is 0 Å². The molecule has 1 heterocycles. The molecule has 1 aromatic heterocycles. The van der Waals surface area contributed by atoms with Crippen molar-refractivity contribution in [3.05, 3.63) is 61.5 Å². The zero-order valence-corrected chi connectivity index (χ0v) is 19.5. The fourth-order valence-corrected chi connectivity index (χ4v) is 3.30. The fourth-order valence-electron chi connectivity index (χ4n) is 2.78. The summed E-state index contributed by atoms with van der Waals surface area (Å²) in [6.45, 7) is 6.18. The summed E-state index contributed by atoms with van der Waals surface area (Å²) in [5.74, 6) is 0.536. The highest BCUT2D eigenvalue weighted by Gasteiger charge is 2.19. The minimum absolute atomic E-state index is 0.0631. The topological polar surface area (TPSA) is 106 Å². The number of halogens is 1. The van der Waals surface area contributed by atoms with Gasteiger partial charge in [-0.3, -0.25) is 9.59 Å². The normalized spacial score (nSPS) is 11.0. The van der Waals surface area contributed by atoms with Crippen molar-refractivity contribution in [2.24, 2.45) is 11.0 Å². The Balaban J connectivity index is 2.17. The summed E-state index contributed by atoms with van der Waals surface area (Å²) >= 11 is 3.40. The number of nitrogens with one attached hydrogen (secondary N) is 1. The van der Waals surface area contributed by atoms with Gasteiger partial charge in [0.15, 0.2) is 0 Å². The van der Waals surface area contributed by atoms with Crippen LogP contribution in [0.15, 0.2) is 38.6 Å². The number of nitrogens with zero attached hydrogens (tertiary/aromatic N) is 3. The number of hydrazone groups is 1. The molecule has 1 amide bonds. The largest absolute Gasteiger partial charge is 0.493 e. The van der Waals surface area contributed by atoms with Crippen LogP contribution in [0.25, 0.3) is 0 Å². The number of pyridine rings is 1. The minimum Gasteiger partial charge on any atom is -0.493 e. The number of ether oxygens (including phenoxy) is 2. The van der Waals surface area contributed by atoms with E-state index in [1.165, 1.54) is 17.9 Å². The maximum absolute atomic E-state index is 12.7. The lowest BCUT2D eigenvalue weighted by molar-refractivity contribution is -0.121. The molecule has 0 saturated heterocycles. The zero-order valence-electron chi connectivity index (χ0n) is 17.9. The Bertz CT molecular complexity index is 1070. The summed E-state index contributed by atoms with van der Waals surface area (Å²) < 4.78 is 12.6. The van der Waals surface area contributed by atoms with Crippen LogP contribution in [0.4, 0.5) is 0 Å². The zero-order chi connectivity index (χ0) is 23.0. The van der Waals surface area contributed by atoms with Gasteiger partial charge in [0.05, 0.1) is 19.4 Å². The lowest BCUT2D eigenvalue weighted by Crippen LogP contribution is -2.33. The number of hydrogen-bond donors (Lipinski definition) is 1. The number of carbonyl (C=O) groups excluding carboxylic acids is 1. The van der Waals surface area contributed by atoms with E-state index >= 15 is 0 Å². The highest BCUT2D eigenvalue weighted by atomic mass is 79.9. The van der Waals surface area contributed by atoms with Gasteiger partial charge in [-0.25, -0.2) is 5.43 Å². The first-order valence-electron chi connectivity index (χ1n) is 9.64. The number of aromatic nitrogens is 1. The fraction of sp³-hybridized carbons (Fsp3) is 0.364. The highest BCUT2D eigenvalue weighted by molar-refractivity contribution is 9.10. The molecular formula is C22H25BrN4O4. The molecule has 164 valence electrons. The van der Waals surface area contributed by atoms with Crippen molar-refractivity contribution >= 4 is 28.1 Å². The van der Waals surface area contributed by atoms with E-state index in [9.17, 15) is 14.9 Å². The van der Waals surface area contributed by atoms with Gasteiger partial charge in [-0.05, 0) is 40.9 Å². The SMILES string of the molecule is COCc1c(Br)c(C)n(CC(=O)N/N=C/c2ccccc2OCC(C)C)c(=O)c1C#N. The van der Waals surface area contributed by atoms with E-state index in [-0.39, 0.29) is 18.7 Å².